The minimum absolute atomic E-state index is 0.0712. The normalized spacial score (nSPS) is 20.0. The second kappa shape index (κ2) is 4.80. The summed E-state index contributed by atoms with van der Waals surface area (Å²) in [6.45, 7) is 0. The van der Waals surface area contributed by atoms with E-state index >= 15 is 0 Å². The quantitative estimate of drug-likeness (QED) is 0.546. The Morgan fingerprint density at radius 2 is 1.52 bits per heavy atom. The van der Waals surface area contributed by atoms with Gasteiger partial charge in [-0.05, 0) is 36.1 Å². The molecule has 3 aromatic rings. The Morgan fingerprint density at radius 3 is 2.20 bits per heavy atom. The topological polar surface area (TPSA) is 79.2 Å². The zero-order valence-corrected chi connectivity index (χ0v) is 13.3. The number of aromatic hydroxyl groups is 2. The number of fused-ring (bicyclic) bond motifs is 2. The van der Waals surface area contributed by atoms with Gasteiger partial charge in [0.2, 0.25) is 0 Å². The fourth-order valence-corrected chi connectivity index (χ4v) is 3.95. The van der Waals surface area contributed by atoms with E-state index in [2.05, 4.69) is 0 Å². The summed E-state index contributed by atoms with van der Waals surface area (Å²) < 4.78 is 12.5. The van der Waals surface area contributed by atoms with Crippen molar-refractivity contribution in [2.45, 2.75) is 24.7 Å². The monoisotopic (exact) mass is 336 g/mol. The molecule has 1 atom stereocenters. The predicted molar refractivity (Wildman–Crippen MR) is 90.8 cm³/mol. The highest BCUT2D eigenvalue weighted by molar-refractivity contribution is 5.94. The third kappa shape index (κ3) is 1.87. The van der Waals surface area contributed by atoms with Gasteiger partial charge in [0.05, 0.1) is 17.1 Å². The van der Waals surface area contributed by atoms with E-state index in [4.69, 9.17) is 9.47 Å². The summed E-state index contributed by atoms with van der Waals surface area (Å²) >= 11 is 0. The van der Waals surface area contributed by atoms with Gasteiger partial charge in [0.15, 0.2) is 0 Å². The maximum atomic E-state index is 10.5. The lowest BCUT2D eigenvalue weighted by Gasteiger charge is -2.43. The van der Waals surface area contributed by atoms with Crippen molar-refractivity contribution < 1.29 is 24.8 Å². The molecule has 0 bridgehead atoms. The second-order valence-corrected chi connectivity index (χ2v) is 6.51. The highest BCUT2D eigenvalue weighted by Crippen LogP contribution is 2.54. The van der Waals surface area contributed by atoms with Crippen molar-refractivity contribution in [3.05, 3.63) is 59.7 Å². The summed E-state index contributed by atoms with van der Waals surface area (Å²) in [4.78, 5) is 0. The molecule has 0 aromatic heterocycles. The lowest BCUT2D eigenvalue weighted by Crippen LogP contribution is -2.45. The minimum Gasteiger partial charge on any atom is -0.508 e. The molecule has 5 nitrogen and oxygen atoms in total. The van der Waals surface area contributed by atoms with Crippen molar-refractivity contribution in [1.82, 2.24) is 0 Å². The first kappa shape index (κ1) is 14.4. The van der Waals surface area contributed by atoms with Crippen LogP contribution in [0, 0.1) is 0 Å². The number of phenols is 2. The van der Waals surface area contributed by atoms with Gasteiger partial charge in [0, 0.05) is 12.0 Å². The Morgan fingerprint density at radius 1 is 0.880 bits per heavy atom. The van der Waals surface area contributed by atoms with E-state index in [0.717, 1.165) is 10.8 Å². The van der Waals surface area contributed by atoms with Crippen LogP contribution >= 0.6 is 0 Å². The molecule has 1 aliphatic carbocycles. The maximum Gasteiger partial charge on any atom is 0.282 e. The molecule has 1 heterocycles. The SMILES string of the molecule is Oc1ccc(O)c2c1[C@H](O)CCC21Oc2cccc3cccc(c23)O1. The molecule has 0 amide bonds. The Balaban J connectivity index is 1.78. The summed E-state index contributed by atoms with van der Waals surface area (Å²) in [5.74, 6) is -0.115. The Kier molecular flexibility index (Phi) is 2.77. The van der Waals surface area contributed by atoms with Crippen LogP contribution in [0.3, 0.4) is 0 Å². The third-order valence-electron chi connectivity index (χ3n) is 5.04. The summed E-state index contributed by atoms with van der Waals surface area (Å²) in [5, 5.41) is 32.9. The lowest BCUT2D eigenvalue weighted by molar-refractivity contribution is -0.148. The number of aliphatic hydroxyl groups excluding tert-OH is 1. The zero-order valence-electron chi connectivity index (χ0n) is 13.3. The number of benzene rings is 3. The molecular formula is C20H16O5. The van der Waals surface area contributed by atoms with E-state index in [9.17, 15) is 15.3 Å². The summed E-state index contributed by atoms with van der Waals surface area (Å²) in [7, 11) is 0. The van der Waals surface area contributed by atoms with Crippen LogP contribution in [0.25, 0.3) is 10.8 Å². The largest absolute Gasteiger partial charge is 0.508 e. The van der Waals surface area contributed by atoms with Crippen LogP contribution in [0.2, 0.25) is 0 Å². The van der Waals surface area contributed by atoms with E-state index < -0.39 is 11.9 Å². The van der Waals surface area contributed by atoms with Crippen molar-refractivity contribution in [1.29, 1.82) is 0 Å². The lowest BCUT2D eigenvalue weighted by atomic mass is 9.82. The molecule has 2 aliphatic rings. The molecule has 5 heteroatoms. The molecule has 0 saturated carbocycles. The Labute approximate surface area is 143 Å². The van der Waals surface area contributed by atoms with Crippen molar-refractivity contribution in [2.24, 2.45) is 0 Å². The van der Waals surface area contributed by atoms with E-state index in [1.807, 2.05) is 36.4 Å². The fraction of sp³-hybridized carbons (Fsp3) is 0.200. The van der Waals surface area contributed by atoms with Crippen LogP contribution in [-0.2, 0) is 5.79 Å². The molecule has 0 fully saturated rings. The first-order valence-electron chi connectivity index (χ1n) is 8.22. The number of rotatable bonds is 0. The molecule has 25 heavy (non-hydrogen) atoms. The van der Waals surface area contributed by atoms with E-state index in [0.29, 0.717) is 24.3 Å². The first-order chi connectivity index (χ1) is 12.1. The van der Waals surface area contributed by atoms with Gasteiger partial charge >= 0.3 is 0 Å². The summed E-state index contributed by atoms with van der Waals surface area (Å²) in [5.41, 5.74) is 0.551. The highest BCUT2D eigenvalue weighted by Gasteiger charge is 2.49. The molecule has 126 valence electrons. The average molecular weight is 336 g/mol. The van der Waals surface area contributed by atoms with Gasteiger partial charge < -0.3 is 24.8 Å². The van der Waals surface area contributed by atoms with Gasteiger partial charge in [-0.15, -0.1) is 0 Å². The van der Waals surface area contributed by atoms with Crippen LogP contribution in [0.1, 0.15) is 30.1 Å². The van der Waals surface area contributed by atoms with Gasteiger partial charge in [-0.2, -0.15) is 0 Å². The molecule has 0 saturated heterocycles. The molecule has 0 radical (unpaired) electrons. The molecule has 5 rings (SSSR count). The van der Waals surface area contributed by atoms with Crippen LogP contribution < -0.4 is 9.47 Å². The van der Waals surface area contributed by atoms with Gasteiger partial charge in [-0.3, -0.25) is 0 Å². The predicted octanol–water partition coefficient (Wildman–Crippen LogP) is 3.70. The van der Waals surface area contributed by atoms with Crippen LogP contribution in [-0.4, -0.2) is 15.3 Å². The minimum atomic E-state index is -1.28. The number of phenolic OH excluding ortho intramolecular Hbond substituents is 2. The number of hydrogen-bond donors (Lipinski definition) is 3. The molecule has 1 aliphatic heterocycles. The molecular weight excluding hydrogens is 320 g/mol. The molecule has 3 N–H and O–H groups in total. The van der Waals surface area contributed by atoms with Crippen LogP contribution in [0.4, 0.5) is 0 Å². The molecule has 1 spiro atoms. The maximum absolute atomic E-state index is 10.5. The van der Waals surface area contributed by atoms with E-state index in [1.54, 1.807) is 0 Å². The van der Waals surface area contributed by atoms with Gasteiger partial charge in [-0.25, -0.2) is 0 Å². The van der Waals surface area contributed by atoms with Crippen LogP contribution in [0.5, 0.6) is 23.0 Å². The zero-order chi connectivity index (χ0) is 17.2. The third-order valence-corrected chi connectivity index (χ3v) is 5.04. The smallest absolute Gasteiger partial charge is 0.282 e. The Hall–Kier alpha value is -2.92. The highest BCUT2D eigenvalue weighted by atomic mass is 16.7. The van der Waals surface area contributed by atoms with Crippen molar-refractivity contribution in [3.63, 3.8) is 0 Å². The number of ether oxygens (including phenoxy) is 2. The van der Waals surface area contributed by atoms with Crippen molar-refractivity contribution in [2.75, 3.05) is 0 Å². The molecule has 0 unspecified atom stereocenters. The summed E-state index contributed by atoms with van der Waals surface area (Å²) in [6, 6.07) is 14.3. The fourth-order valence-electron chi connectivity index (χ4n) is 3.95. The van der Waals surface area contributed by atoms with Crippen LogP contribution in [0.15, 0.2) is 48.5 Å². The van der Waals surface area contributed by atoms with E-state index in [-0.39, 0.29) is 22.6 Å². The van der Waals surface area contributed by atoms with E-state index in [1.165, 1.54) is 12.1 Å². The summed E-state index contributed by atoms with van der Waals surface area (Å²) in [6.07, 6.45) is -0.182. The standard InChI is InChI=1S/C20H16O5/c21-12-7-8-14(23)19-18(12)13(22)9-10-20(19)24-15-5-1-3-11-4-2-6-16(25-20)17(11)15/h1-8,13,21-23H,9-10H2/t13-/m1/s1. The van der Waals surface area contributed by atoms with Gasteiger partial charge in [-0.1, -0.05) is 24.3 Å². The number of hydrogen-bond acceptors (Lipinski definition) is 5. The first-order valence-corrected chi connectivity index (χ1v) is 8.22. The number of aliphatic hydroxyl groups is 1. The van der Waals surface area contributed by atoms with Gasteiger partial charge in [0.1, 0.15) is 23.0 Å². The molecule has 3 aromatic carbocycles. The second-order valence-electron chi connectivity index (χ2n) is 6.51. The Bertz CT molecular complexity index is 970. The van der Waals surface area contributed by atoms with Gasteiger partial charge in [0.25, 0.3) is 5.79 Å². The van der Waals surface area contributed by atoms with Crippen molar-refractivity contribution >= 4 is 10.8 Å². The average Bonchev–Trinajstić information content (AvgIpc) is 2.61. The van der Waals surface area contributed by atoms with Crippen molar-refractivity contribution in [3.8, 4) is 23.0 Å².